The second-order valence-electron chi connectivity index (χ2n) is 6.69. The average Bonchev–Trinajstić information content (AvgIpc) is 2.32. The molecule has 0 unspecified atom stereocenters. The first-order valence-corrected chi connectivity index (χ1v) is 12.6. The number of benzene rings is 1. The van der Waals surface area contributed by atoms with Gasteiger partial charge in [-0.25, -0.2) is 4.79 Å². The summed E-state index contributed by atoms with van der Waals surface area (Å²) in [6.07, 6.45) is 1.21. The highest BCUT2D eigenvalue weighted by Gasteiger charge is 2.22. The molecule has 1 aromatic carbocycles. The molecule has 0 aliphatic heterocycles. The molecule has 0 bridgehead atoms. The van der Waals surface area contributed by atoms with E-state index in [0.29, 0.717) is 6.10 Å². The maximum absolute atomic E-state index is 12.3. The minimum absolute atomic E-state index is 0.171. The zero-order chi connectivity index (χ0) is 16.0. The van der Waals surface area contributed by atoms with Crippen molar-refractivity contribution in [2.24, 2.45) is 0 Å². The van der Waals surface area contributed by atoms with Gasteiger partial charge in [-0.2, -0.15) is 0 Å². The third-order valence-electron chi connectivity index (χ3n) is 2.92. The number of aryl methyl sites for hydroxylation is 2. The van der Waals surface area contributed by atoms with Gasteiger partial charge in [-0.1, -0.05) is 17.7 Å². The van der Waals surface area contributed by atoms with Crippen molar-refractivity contribution in [3.8, 4) is 0 Å². The van der Waals surface area contributed by atoms with E-state index >= 15 is 0 Å². The monoisotopic (exact) mass is 324 g/mol. The lowest BCUT2D eigenvalue weighted by Gasteiger charge is -2.19. The van der Waals surface area contributed by atoms with Gasteiger partial charge in [-0.15, -0.1) is 0 Å². The van der Waals surface area contributed by atoms with Gasteiger partial charge >= 0.3 is 5.97 Å². The van der Waals surface area contributed by atoms with E-state index in [9.17, 15) is 4.79 Å². The molecule has 0 amide bonds. The molecule has 0 fully saturated rings. The van der Waals surface area contributed by atoms with Crippen LogP contribution in [0.5, 0.6) is 0 Å². The zero-order valence-electron chi connectivity index (χ0n) is 14.2. The second-order valence-corrected chi connectivity index (χ2v) is 12.6. The topological polar surface area (TPSA) is 35.5 Å². The Morgan fingerprint density at radius 3 is 2.52 bits per heavy atom. The SMILES string of the molecule is Cc1ccc(C(=O)O[Si](C)(C)C)c(CC[SiH2]OC(C)C)c1. The summed E-state index contributed by atoms with van der Waals surface area (Å²) in [7, 11) is -2.37. The van der Waals surface area contributed by atoms with E-state index in [1.54, 1.807) is 0 Å². The normalized spacial score (nSPS) is 12.3. The number of carbonyl (C=O) groups is 1. The molecule has 0 saturated heterocycles. The Labute approximate surface area is 132 Å². The van der Waals surface area contributed by atoms with Crippen LogP contribution in [-0.2, 0) is 15.3 Å². The number of carbonyl (C=O) groups excluding carboxylic acids is 1. The van der Waals surface area contributed by atoms with Gasteiger partial charge in [0.05, 0.1) is 5.56 Å². The molecule has 1 aromatic rings. The molecular weight excluding hydrogens is 296 g/mol. The lowest BCUT2D eigenvalue weighted by Crippen LogP contribution is -2.29. The minimum atomic E-state index is -1.86. The Kier molecular flexibility index (Phi) is 6.83. The highest BCUT2D eigenvalue weighted by atomic mass is 28.4. The molecule has 0 aliphatic carbocycles. The minimum Gasteiger partial charge on any atom is -0.516 e. The van der Waals surface area contributed by atoms with Crippen LogP contribution in [0.15, 0.2) is 18.2 Å². The van der Waals surface area contributed by atoms with Crippen LogP contribution < -0.4 is 0 Å². The first-order valence-electron chi connectivity index (χ1n) is 7.63. The second kappa shape index (κ2) is 7.91. The van der Waals surface area contributed by atoms with E-state index in [0.717, 1.165) is 23.6 Å². The van der Waals surface area contributed by atoms with Crippen LogP contribution in [-0.4, -0.2) is 30.2 Å². The van der Waals surface area contributed by atoms with Gasteiger partial charge in [0, 0.05) is 6.10 Å². The largest absolute Gasteiger partial charge is 0.516 e. The number of hydrogen-bond acceptors (Lipinski definition) is 3. The summed E-state index contributed by atoms with van der Waals surface area (Å²) < 4.78 is 11.3. The molecule has 1 rings (SSSR count). The summed E-state index contributed by atoms with van der Waals surface area (Å²) in [4.78, 5) is 12.3. The van der Waals surface area contributed by atoms with Crippen molar-refractivity contribution >= 4 is 24.0 Å². The average molecular weight is 325 g/mol. The van der Waals surface area contributed by atoms with Gasteiger partial charge in [0.1, 0.15) is 0 Å². The van der Waals surface area contributed by atoms with E-state index in [2.05, 4.69) is 26.8 Å². The fourth-order valence-corrected chi connectivity index (χ4v) is 3.87. The van der Waals surface area contributed by atoms with Crippen molar-refractivity contribution in [1.82, 2.24) is 0 Å². The van der Waals surface area contributed by atoms with Crippen LogP contribution in [0.1, 0.15) is 35.3 Å². The van der Waals surface area contributed by atoms with E-state index < -0.39 is 18.1 Å². The van der Waals surface area contributed by atoms with Crippen LogP contribution in [0.3, 0.4) is 0 Å². The lowest BCUT2D eigenvalue weighted by atomic mass is 10.0. The van der Waals surface area contributed by atoms with Crippen molar-refractivity contribution in [2.75, 3.05) is 0 Å². The Balaban J connectivity index is 2.77. The molecule has 3 nitrogen and oxygen atoms in total. The van der Waals surface area contributed by atoms with Crippen molar-refractivity contribution in [2.45, 2.75) is 59.0 Å². The molecule has 118 valence electrons. The van der Waals surface area contributed by atoms with Gasteiger partial charge in [-0.3, -0.25) is 0 Å². The first kappa shape index (κ1) is 18.1. The molecule has 21 heavy (non-hydrogen) atoms. The van der Waals surface area contributed by atoms with Gasteiger partial charge in [0.25, 0.3) is 0 Å². The Hall–Kier alpha value is -0.916. The summed E-state index contributed by atoms with van der Waals surface area (Å²) in [5.41, 5.74) is 3.00. The van der Waals surface area contributed by atoms with Crippen LogP contribution in [0, 0.1) is 6.92 Å². The van der Waals surface area contributed by atoms with E-state index in [1.807, 2.05) is 31.8 Å². The Morgan fingerprint density at radius 2 is 1.95 bits per heavy atom. The maximum Gasteiger partial charge on any atom is 0.325 e. The third-order valence-corrected chi connectivity index (χ3v) is 5.26. The van der Waals surface area contributed by atoms with Gasteiger partial charge in [0.2, 0.25) is 8.32 Å². The molecule has 0 heterocycles. The standard InChI is InChI=1S/C16H28O3Si2/c1-12(2)18-20-10-9-14-11-13(3)7-8-15(14)16(17)19-21(4,5)6/h7-8,11-12H,9-10,20H2,1-6H3. The summed E-state index contributed by atoms with van der Waals surface area (Å²) in [5.74, 6) is -0.171. The van der Waals surface area contributed by atoms with Crippen molar-refractivity contribution in [3.05, 3.63) is 34.9 Å². The molecule has 0 N–H and O–H groups in total. The highest BCUT2D eigenvalue weighted by molar-refractivity contribution is 6.71. The van der Waals surface area contributed by atoms with Crippen molar-refractivity contribution in [3.63, 3.8) is 0 Å². The highest BCUT2D eigenvalue weighted by Crippen LogP contribution is 2.17. The van der Waals surface area contributed by atoms with Crippen LogP contribution in [0.4, 0.5) is 0 Å². The predicted octanol–water partition coefficient (Wildman–Crippen LogP) is 3.46. The third kappa shape index (κ3) is 7.06. The molecule has 0 spiro atoms. The quantitative estimate of drug-likeness (QED) is 0.569. The Morgan fingerprint density at radius 1 is 1.29 bits per heavy atom. The number of hydrogen-bond donors (Lipinski definition) is 0. The molecule has 0 saturated carbocycles. The summed E-state index contributed by atoms with van der Waals surface area (Å²) >= 11 is 0. The van der Waals surface area contributed by atoms with E-state index in [1.165, 1.54) is 5.56 Å². The lowest BCUT2D eigenvalue weighted by molar-refractivity contribution is 0.0723. The Bertz CT molecular complexity index is 479. The fraction of sp³-hybridized carbons (Fsp3) is 0.562. The molecule has 0 radical (unpaired) electrons. The van der Waals surface area contributed by atoms with E-state index in [-0.39, 0.29) is 5.97 Å². The summed E-state index contributed by atoms with van der Waals surface area (Å²) in [6, 6.07) is 7.03. The smallest absolute Gasteiger partial charge is 0.325 e. The van der Waals surface area contributed by atoms with Gasteiger partial charge in [-0.05, 0) is 64.5 Å². The molecule has 0 aliphatic rings. The molecular formula is C16H28O3Si2. The zero-order valence-corrected chi connectivity index (χ0v) is 16.6. The molecule has 5 heteroatoms. The van der Waals surface area contributed by atoms with E-state index in [4.69, 9.17) is 8.85 Å². The van der Waals surface area contributed by atoms with Crippen molar-refractivity contribution in [1.29, 1.82) is 0 Å². The maximum atomic E-state index is 12.3. The van der Waals surface area contributed by atoms with Crippen LogP contribution in [0.2, 0.25) is 25.7 Å². The van der Waals surface area contributed by atoms with Gasteiger partial charge in [0.15, 0.2) is 9.76 Å². The summed E-state index contributed by atoms with van der Waals surface area (Å²) in [5, 5.41) is 0. The number of rotatable bonds is 7. The molecule has 0 atom stereocenters. The predicted molar refractivity (Wildman–Crippen MR) is 93.2 cm³/mol. The fourth-order valence-electron chi connectivity index (χ4n) is 2.04. The van der Waals surface area contributed by atoms with Crippen LogP contribution in [0.25, 0.3) is 0 Å². The van der Waals surface area contributed by atoms with Gasteiger partial charge < -0.3 is 8.85 Å². The van der Waals surface area contributed by atoms with Crippen molar-refractivity contribution < 1.29 is 13.6 Å². The molecule has 0 aromatic heterocycles. The van der Waals surface area contributed by atoms with Crippen LogP contribution >= 0.6 is 0 Å². The first-order chi connectivity index (χ1) is 9.69. The summed E-state index contributed by atoms with van der Waals surface area (Å²) in [6.45, 7) is 12.3.